The monoisotopic (exact) mass is 256 g/mol. The molecule has 0 bridgehead atoms. The predicted molar refractivity (Wildman–Crippen MR) is 73.9 cm³/mol. The second-order valence-electron chi connectivity index (χ2n) is 6.23. The van der Waals surface area contributed by atoms with E-state index in [1.165, 1.54) is 24.0 Å². The van der Waals surface area contributed by atoms with Gasteiger partial charge in [0.2, 0.25) is 5.91 Å². The molecule has 2 atom stereocenters. The molecule has 0 spiro atoms. The topological polar surface area (TPSA) is 32.1 Å². The Kier molecular flexibility index (Phi) is 2.62. The summed E-state index contributed by atoms with van der Waals surface area (Å²) >= 11 is 0. The fraction of sp³-hybridized carbons (Fsp3) is 0.562. The molecule has 3 heteroatoms. The van der Waals surface area contributed by atoms with Gasteiger partial charge in [-0.25, -0.2) is 0 Å². The largest absolute Gasteiger partial charge is 0.354 e. The summed E-state index contributed by atoms with van der Waals surface area (Å²) in [6, 6.07) is 9.38. The van der Waals surface area contributed by atoms with E-state index in [1.807, 2.05) is 0 Å². The van der Waals surface area contributed by atoms with E-state index in [0.29, 0.717) is 6.04 Å². The van der Waals surface area contributed by atoms with E-state index < -0.39 is 0 Å². The number of carbonyl (C=O) groups excluding carboxylic acids is 1. The molecule has 1 heterocycles. The summed E-state index contributed by atoms with van der Waals surface area (Å²) in [6.07, 6.45) is 4.82. The van der Waals surface area contributed by atoms with E-state index in [1.54, 1.807) is 0 Å². The van der Waals surface area contributed by atoms with Crippen LogP contribution in [0.25, 0.3) is 0 Å². The third-order valence-corrected chi connectivity index (χ3v) is 4.71. The summed E-state index contributed by atoms with van der Waals surface area (Å²) in [5.41, 5.74) is 2.94. The molecule has 0 aromatic heterocycles. The Labute approximate surface area is 114 Å². The van der Waals surface area contributed by atoms with Crippen LogP contribution in [0.1, 0.15) is 24.0 Å². The fourth-order valence-corrected chi connectivity index (χ4v) is 3.24. The standard InChI is InChI=1S/C16H20N2O/c19-16(17-9-11-5-6-11)15-10-18(15)14-7-12-3-1-2-4-13(12)8-14/h1-4,11,14-15H,5-10H2,(H,17,19). The molecule has 1 saturated heterocycles. The first-order valence-corrected chi connectivity index (χ1v) is 7.41. The molecule has 19 heavy (non-hydrogen) atoms. The summed E-state index contributed by atoms with van der Waals surface area (Å²) in [5.74, 6) is 1.02. The minimum Gasteiger partial charge on any atom is -0.354 e. The molecule has 1 saturated carbocycles. The lowest BCUT2D eigenvalue weighted by molar-refractivity contribution is -0.121. The number of amides is 1. The smallest absolute Gasteiger partial charge is 0.238 e. The molecule has 2 unspecified atom stereocenters. The normalized spacial score (nSPS) is 29.1. The SMILES string of the molecule is O=C(NCC1CC1)C1CN1C1Cc2ccccc2C1. The molecule has 3 aliphatic rings. The van der Waals surface area contributed by atoms with Crippen LogP contribution in [0.4, 0.5) is 0 Å². The van der Waals surface area contributed by atoms with E-state index in [-0.39, 0.29) is 11.9 Å². The summed E-state index contributed by atoms with van der Waals surface area (Å²) in [7, 11) is 0. The molecule has 4 rings (SSSR count). The van der Waals surface area contributed by atoms with Gasteiger partial charge in [0.25, 0.3) is 0 Å². The highest BCUT2D eigenvalue weighted by atomic mass is 16.2. The van der Waals surface area contributed by atoms with Crippen LogP contribution in [-0.2, 0) is 17.6 Å². The Morgan fingerprint density at radius 3 is 2.53 bits per heavy atom. The van der Waals surface area contributed by atoms with Gasteiger partial charge in [-0.3, -0.25) is 9.69 Å². The van der Waals surface area contributed by atoms with Crippen LogP contribution in [0.15, 0.2) is 24.3 Å². The van der Waals surface area contributed by atoms with E-state index in [0.717, 1.165) is 31.8 Å². The maximum Gasteiger partial charge on any atom is 0.238 e. The Morgan fingerprint density at radius 2 is 1.89 bits per heavy atom. The summed E-state index contributed by atoms with van der Waals surface area (Å²) in [4.78, 5) is 14.4. The van der Waals surface area contributed by atoms with Crippen LogP contribution in [0.2, 0.25) is 0 Å². The van der Waals surface area contributed by atoms with Crippen molar-refractivity contribution in [3.63, 3.8) is 0 Å². The van der Waals surface area contributed by atoms with Gasteiger partial charge in [-0.15, -0.1) is 0 Å². The van der Waals surface area contributed by atoms with Crippen molar-refractivity contribution in [3.8, 4) is 0 Å². The average molecular weight is 256 g/mol. The van der Waals surface area contributed by atoms with Crippen LogP contribution in [0.5, 0.6) is 0 Å². The molecule has 1 aromatic carbocycles. The van der Waals surface area contributed by atoms with Crippen molar-refractivity contribution >= 4 is 5.91 Å². The number of carbonyl (C=O) groups is 1. The van der Waals surface area contributed by atoms with Gasteiger partial charge in [0, 0.05) is 19.1 Å². The van der Waals surface area contributed by atoms with E-state index in [2.05, 4.69) is 34.5 Å². The number of rotatable bonds is 4. The number of benzene rings is 1. The number of nitrogens with zero attached hydrogens (tertiary/aromatic N) is 1. The van der Waals surface area contributed by atoms with Crippen LogP contribution in [-0.4, -0.2) is 36.0 Å². The van der Waals surface area contributed by atoms with Gasteiger partial charge in [-0.05, 0) is 42.7 Å². The highest BCUT2D eigenvalue weighted by Crippen LogP contribution is 2.32. The van der Waals surface area contributed by atoms with Gasteiger partial charge in [-0.1, -0.05) is 24.3 Å². The summed E-state index contributed by atoms with van der Waals surface area (Å²) in [6.45, 7) is 1.85. The third kappa shape index (κ3) is 2.27. The molecule has 3 nitrogen and oxygen atoms in total. The first-order chi connectivity index (χ1) is 9.31. The molecule has 100 valence electrons. The molecule has 1 amide bonds. The maximum atomic E-state index is 12.0. The van der Waals surface area contributed by atoms with Crippen LogP contribution in [0.3, 0.4) is 0 Å². The molecule has 1 N–H and O–H groups in total. The first-order valence-electron chi connectivity index (χ1n) is 7.41. The Morgan fingerprint density at radius 1 is 1.21 bits per heavy atom. The van der Waals surface area contributed by atoms with Crippen molar-refractivity contribution < 1.29 is 4.79 Å². The zero-order valence-corrected chi connectivity index (χ0v) is 11.1. The van der Waals surface area contributed by atoms with E-state index >= 15 is 0 Å². The molecule has 1 aliphatic heterocycles. The van der Waals surface area contributed by atoms with Gasteiger partial charge in [0.15, 0.2) is 0 Å². The van der Waals surface area contributed by atoms with Gasteiger partial charge >= 0.3 is 0 Å². The first kappa shape index (κ1) is 11.5. The van der Waals surface area contributed by atoms with E-state index in [9.17, 15) is 4.79 Å². The van der Waals surface area contributed by atoms with Crippen LogP contribution >= 0.6 is 0 Å². The number of nitrogens with one attached hydrogen (secondary N) is 1. The van der Waals surface area contributed by atoms with Crippen molar-refractivity contribution in [1.29, 1.82) is 0 Å². The lowest BCUT2D eigenvalue weighted by Crippen LogP contribution is -2.34. The molecule has 2 aliphatic carbocycles. The van der Waals surface area contributed by atoms with Crippen molar-refractivity contribution in [2.24, 2.45) is 5.92 Å². The highest BCUT2D eigenvalue weighted by Gasteiger charge is 2.46. The van der Waals surface area contributed by atoms with Gasteiger partial charge < -0.3 is 5.32 Å². The summed E-state index contributed by atoms with van der Waals surface area (Å²) < 4.78 is 0. The molecule has 2 fully saturated rings. The van der Waals surface area contributed by atoms with E-state index in [4.69, 9.17) is 0 Å². The van der Waals surface area contributed by atoms with Crippen molar-refractivity contribution in [1.82, 2.24) is 10.2 Å². The Bertz CT molecular complexity index is 484. The Balaban J connectivity index is 1.32. The highest BCUT2D eigenvalue weighted by molar-refractivity contribution is 5.84. The second kappa shape index (κ2) is 4.34. The third-order valence-electron chi connectivity index (χ3n) is 4.71. The second-order valence-corrected chi connectivity index (χ2v) is 6.23. The number of fused-ring (bicyclic) bond motifs is 1. The van der Waals surface area contributed by atoms with Crippen molar-refractivity contribution in [2.45, 2.75) is 37.8 Å². The minimum absolute atomic E-state index is 0.151. The number of hydrogen-bond acceptors (Lipinski definition) is 2. The number of hydrogen-bond donors (Lipinski definition) is 1. The van der Waals surface area contributed by atoms with Gasteiger partial charge in [0.05, 0.1) is 0 Å². The quantitative estimate of drug-likeness (QED) is 0.825. The zero-order chi connectivity index (χ0) is 12.8. The van der Waals surface area contributed by atoms with Crippen LogP contribution < -0.4 is 5.32 Å². The Hall–Kier alpha value is -1.35. The van der Waals surface area contributed by atoms with Gasteiger partial charge in [-0.2, -0.15) is 0 Å². The molecule has 0 radical (unpaired) electrons. The molecule has 1 aromatic rings. The lowest BCUT2D eigenvalue weighted by Gasteiger charge is -2.11. The zero-order valence-electron chi connectivity index (χ0n) is 11.1. The van der Waals surface area contributed by atoms with Crippen molar-refractivity contribution in [2.75, 3.05) is 13.1 Å². The minimum atomic E-state index is 0.151. The van der Waals surface area contributed by atoms with Crippen LogP contribution in [0, 0.1) is 5.92 Å². The predicted octanol–water partition coefficient (Wildman–Crippen LogP) is 1.36. The summed E-state index contributed by atoms with van der Waals surface area (Å²) in [5, 5.41) is 3.10. The van der Waals surface area contributed by atoms with Crippen molar-refractivity contribution in [3.05, 3.63) is 35.4 Å². The average Bonchev–Trinajstić information content (AvgIpc) is 3.33. The lowest BCUT2D eigenvalue weighted by atomic mass is 10.1. The molecular formula is C16H20N2O. The maximum absolute atomic E-state index is 12.0. The molecular weight excluding hydrogens is 236 g/mol. The van der Waals surface area contributed by atoms with Gasteiger partial charge in [0.1, 0.15) is 6.04 Å². The fourth-order valence-electron chi connectivity index (χ4n) is 3.24.